The number of amides is 5. The number of primary amides is 1. The van der Waals surface area contributed by atoms with Gasteiger partial charge in [-0.05, 0) is 164 Å². The second-order valence-corrected chi connectivity index (χ2v) is 25.0. The Kier molecular flexibility index (Phi) is 19.9. The van der Waals surface area contributed by atoms with E-state index >= 15 is 0 Å². The standard InChI is InChI=1S/C20H20N6O3.C18H17N7O2.C18H19N5O3.C15H12N6O/c1-12-22-18(29-25-12)15-8-14(13-6-5-7-21-10-13)9-17-23-16(11-26(15)17)24-19(27)28-20(2,3)4;1-3-20-18(26)23-15-10-25-14(17-21-11(2)24-27-17)7-13(8-16(25)22-15)12-5-4-6-19-9-12;1-18(2,3)26-17(25)22-14-10-23-13(16(19)24)7-12(8-15(23)21-14)11-5-4-6-20-9-11;1-9-18-15(22-20-9)12-5-11(10-3-2-4-17-7-10)6-14-19-13(16)8-21(12)14/h5-11H,1-4H3,(H,24,27);4-10H,3H2,1-2H3,(H2,20,23,26);4-10H,1-3H3,(H2,19,24)(H,22,25);2-8H,16H2,1H3. The van der Waals surface area contributed by atoms with Gasteiger partial charge in [0.05, 0.1) is 24.8 Å². The number of imidazole rings is 4. The second-order valence-electron chi connectivity index (χ2n) is 25.0. The number of pyridine rings is 8. The molecule has 104 heavy (non-hydrogen) atoms. The normalized spacial score (nSPS) is 11.2. The van der Waals surface area contributed by atoms with Crippen LogP contribution in [0.4, 0.5) is 37.7 Å². The maximum absolute atomic E-state index is 12.1. The predicted molar refractivity (Wildman–Crippen MR) is 383 cm³/mol. The van der Waals surface area contributed by atoms with Gasteiger partial charge in [-0.15, -0.1) is 0 Å². The molecule has 33 heteroatoms. The van der Waals surface area contributed by atoms with E-state index in [9.17, 15) is 19.2 Å². The van der Waals surface area contributed by atoms with E-state index in [1.54, 1.807) is 157 Å². The summed E-state index contributed by atoms with van der Waals surface area (Å²) in [4.78, 5) is 94.9. The number of aryl methyl sites for hydroxylation is 3. The molecule has 0 fully saturated rings. The molecule has 33 nitrogen and oxygen atoms in total. The van der Waals surface area contributed by atoms with Crippen LogP contribution in [0.15, 0.2) is 185 Å². The van der Waals surface area contributed by atoms with Gasteiger partial charge < -0.3 is 39.8 Å². The van der Waals surface area contributed by atoms with Gasteiger partial charge in [0.1, 0.15) is 62.4 Å². The van der Waals surface area contributed by atoms with Crippen LogP contribution in [-0.2, 0) is 9.47 Å². The van der Waals surface area contributed by atoms with Crippen molar-refractivity contribution in [3.8, 4) is 79.3 Å². The number of urea groups is 1. The number of carbonyl (C=O) groups is 4. The summed E-state index contributed by atoms with van der Waals surface area (Å²) in [7, 11) is 0. The molecule has 0 bridgehead atoms. The molecular weight excluding hydrogens is 1330 g/mol. The highest BCUT2D eigenvalue weighted by atomic mass is 16.6. The molecular formula is C71H68N24O9. The average molecular weight is 1400 g/mol. The van der Waals surface area contributed by atoms with Crippen molar-refractivity contribution in [3.05, 3.63) is 195 Å². The van der Waals surface area contributed by atoms with Crippen LogP contribution in [0.2, 0.25) is 0 Å². The van der Waals surface area contributed by atoms with E-state index in [1.165, 1.54) is 10.6 Å². The summed E-state index contributed by atoms with van der Waals surface area (Å²) in [5.41, 5.74) is 21.9. The summed E-state index contributed by atoms with van der Waals surface area (Å²) in [6.45, 7) is 18.3. The van der Waals surface area contributed by atoms with Gasteiger partial charge in [-0.1, -0.05) is 39.7 Å². The van der Waals surface area contributed by atoms with E-state index in [1.807, 2.05) is 90.2 Å². The summed E-state index contributed by atoms with van der Waals surface area (Å²) < 4.78 is 33.5. The van der Waals surface area contributed by atoms with Crippen molar-refractivity contribution in [2.45, 2.75) is 80.4 Å². The number of hydrogen-bond donors (Lipinski definition) is 6. The Labute approximate surface area is 591 Å². The molecule has 5 amide bonds. The molecule has 0 atom stereocenters. The van der Waals surface area contributed by atoms with Gasteiger partial charge in [0.15, 0.2) is 34.9 Å². The number of aromatic nitrogens is 18. The highest BCUT2D eigenvalue weighted by molar-refractivity contribution is 5.94. The molecule has 0 aliphatic carbocycles. The quantitative estimate of drug-likeness (QED) is 0.0661. The Bertz CT molecular complexity index is 5580. The first-order valence-corrected chi connectivity index (χ1v) is 32.1. The Morgan fingerprint density at radius 2 is 0.779 bits per heavy atom. The van der Waals surface area contributed by atoms with Crippen LogP contribution in [0.3, 0.4) is 0 Å². The number of nitrogens with two attached hydrogens (primary N) is 2. The Balaban J connectivity index is 0.000000131. The van der Waals surface area contributed by atoms with E-state index in [0.29, 0.717) is 93.1 Å². The number of fused-ring (bicyclic) bond motifs is 4. The zero-order chi connectivity index (χ0) is 73.4. The SMILES string of the molecule is CC(C)(C)OC(=O)Nc1cn2c(C(N)=O)cc(-c3cccnc3)cc2n1.CCNC(=O)Nc1cn2c(-c3nc(C)no3)cc(-c3cccnc3)cc2n1.Cc1noc(-c2cc(-c3cccnc3)cc3nc(N)cn23)n1.Cc1noc(-c2cc(-c3cccnc3)cc3nc(NC(=O)OC(C)(C)C)cn23)n1. The third kappa shape index (κ3) is 16.9. The smallest absolute Gasteiger partial charge is 0.413 e. The summed E-state index contributed by atoms with van der Waals surface area (Å²) in [5, 5.41) is 22.2. The van der Waals surface area contributed by atoms with Crippen LogP contribution < -0.4 is 32.7 Å². The molecule has 0 saturated carbocycles. The molecule has 0 unspecified atom stereocenters. The zero-order valence-electron chi connectivity index (χ0n) is 57.8. The molecule has 0 spiro atoms. The van der Waals surface area contributed by atoms with Crippen molar-refractivity contribution in [2.75, 3.05) is 28.2 Å². The van der Waals surface area contributed by atoms with Crippen molar-refractivity contribution in [3.63, 3.8) is 0 Å². The monoisotopic (exact) mass is 1400 g/mol. The number of ether oxygens (including phenoxy) is 2. The van der Waals surface area contributed by atoms with Crippen molar-refractivity contribution < 1.29 is 42.2 Å². The molecule has 0 aliphatic heterocycles. The molecule has 15 aromatic rings. The van der Waals surface area contributed by atoms with Gasteiger partial charge in [0.2, 0.25) is 0 Å². The summed E-state index contributed by atoms with van der Waals surface area (Å²) in [5.74, 6) is 3.60. The molecule has 0 radical (unpaired) electrons. The van der Waals surface area contributed by atoms with E-state index in [-0.39, 0.29) is 17.5 Å². The van der Waals surface area contributed by atoms with Gasteiger partial charge in [-0.25, -0.2) is 34.3 Å². The van der Waals surface area contributed by atoms with Crippen LogP contribution >= 0.6 is 0 Å². The minimum atomic E-state index is -0.631. The lowest BCUT2D eigenvalue weighted by Gasteiger charge is -2.19. The van der Waals surface area contributed by atoms with Crippen LogP contribution in [0.1, 0.15) is 76.4 Å². The average Bonchev–Trinajstić information content (AvgIpc) is 1.63. The number of anilines is 4. The predicted octanol–water partition coefficient (Wildman–Crippen LogP) is 12.2. The first-order chi connectivity index (χ1) is 49.8. The number of rotatable bonds is 12. The first-order valence-electron chi connectivity index (χ1n) is 32.1. The zero-order valence-corrected chi connectivity index (χ0v) is 57.8. The van der Waals surface area contributed by atoms with Crippen molar-refractivity contribution in [1.82, 2.24) is 93.2 Å². The van der Waals surface area contributed by atoms with Gasteiger partial charge in [0.25, 0.3) is 23.6 Å². The molecule has 0 aromatic carbocycles. The molecule has 526 valence electrons. The fourth-order valence-corrected chi connectivity index (χ4v) is 10.4. The number of nitrogens with one attached hydrogen (secondary N) is 4. The molecule has 0 aliphatic rings. The van der Waals surface area contributed by atoms with Crippen LogP contribution in [0.5, 0.6) is 0 Å². The summed E-state index contributed by atoms with van der Waals surface area (Å²) in [6, 6.07) is 29.8. The van der Waals surface area contributed by atoms with Gasteiger partial charge >= 0.3 is 18.2 Å². The van der Waals surface area contributed by atoms with E-state index in [2.05, 4.69) is 91.6 Å². The molecule has 15 aromatic heterocycles. The van der Waals surface area contributed by atoms with Crippen LogP contribution in [0, 0.1) is 20.8 Å². The molecule has 0 saturated heterocycles. The number of nitrogen functional groups attached to an aromatic ring is 1. The van der Waals surface area contributed by atoms with Crippen LogP contribution in [0.25, 0.3) is 102 Å². The van der Waals surface area contributed by atoms with Gasteiger partial charge in [0, 0.05) is 78.4 Å². The molecule has 15 rings (SSSR count). The number of nitrogens with zero attached hydrogens (tertiary/aromatic N) is 18. The Morgan fingerprint density at radius 3 is 1.11 bits per heavy atom. The fraction of sp³-hybridized carbons (Fsp3) is 0.183. The summed E-state index contributed by atoms with van der Waals surface area (Å²) in [6.07, 6.45) is 19.3. The van der Waals surface area contributed by atoms with Crippen molar-refractivity contribution in [2.24, 2.45) is 5.73 Å². The maximum Gasteiger partial charge on any atom is 0.413 e. The van der Waals surface area contributed by atoms with Gasteiger partial charge in [-0.3, -0.25) is 58.3 Å². The second kappa shape index (κ2) is 29.7. The lowest BCUT2D eigenvalue weighted by atomic mass is 10.1. The van der Waals surface area contributed by atoms with Crippen LogP contribution in [-0.4, -0.2) is 130 Å². The van der Waals surface area contributed by atoms with Gasteiger partial charge in [-0.2, -0.15) is 15.0 Å². The topological polar surface area (TPSA) is 424 Å². The molecule has 15 heterocycles. The highest BCUT2D eigenvalue weighted by Gasteiger charge is 2.23. The summed E-state index contributed by atoms with van der Waals surface area (Å²) >= 11 is 0. The Hall–Kier alpha value is -14.1. The first kappa shape index (κ1) is 69.7. The Morgan fingerprint density at radius 1 is 0.442 bits per heavy atom. The van der Waals surface area contributed by atoms with E-state index < -0.39 is 29.3 Å². The maximum atomic E-state index is 12.1. The minimum absolute atomic E-state index is 0.242. The van der Waals surface area contributed by atoms with E-state index in [0.717, 1.165) is 50.2 Å². The lowest BCUT2D eigenvalue weighted by molar-refractivity contribution is 0.0624. The number of hydrogen-bond acceptors (Lipinski definition) is 24. The van der Waals surface area contributed by atoms with Crippen molar-refractivity contribution >= 4 is 70.0 Å². The lowest BCUT2D eigenvalue weighted by Crippen LogP contribution is -2.28. The van der Waals surface area contributed by atoms with Crippen molar-refractivity contribution in [1.29, 1.82) is 0 Å². The minimum Gasteiger partial charge on any atom is -0.444 e. The third-order valence-corrected chi connectivity index (χ3v) is 14.6. The largest absolute Gasteiger partial charge is 0.444 e. The molecule has 8 N–H and O–H groups in total. The fourth-order valence-electron chi connectivity index (χ4n) is 10.4. The highest BCUT2D eigenvalue weighted by Crippen LogP contribution is 2.33. The van der Waals surface area contributed by atoms with E-state index in [4.69, 9.17) is 34.5 Å². The number of carbonyl (C=O) groups excluding carboxylic acids is 4. The third-order valence-electron chi connectivity index (χ3n) is 14.6.